The highest BCUT2D eigenvalue weighted by atomic mass is 16.4. The Labute approximate surface area is 121 Å². The van der Waals surface area contributed by atoms with Crippen LogP contribution in [0.5, 0.6) is 0 Å². The van der Waals surface area contributed by atoms with Gasteiger partial charge in [-0.25, -0.2) is 9.59 Å². The molecule has 3 amide bonds. The van der Waals surface area contributed by atoms with Crippen LogP contribution < -0.4 is 10.6 Å². The zero-order valence-corrected chi connectivity index (χ0v) is 11.7. The molecule has 1 aliphatic heterocycles. The number of benzene rings is 1. The molecule has 7 nitrogen and oxygen atoms in total. The molecule has 0 bridgehead atoms. The molecular weight excluding hydrogens is 274 g/mol. The quantitative estimate of drug-likeness (QED) is 0.758. The van der Waals surface area contributed by atoms with Crippen molar-refractivity contribution in [1.82, 2.24) is 10.2 Å². The number of amides is 3. The molecule has 0 radical (unpaired) electrons. The van der Waals surface area contributed by atoms with Gasteiger partial charge < -0.3 is 20.6 Å². The second-order valence-electron chi connectivity index (χ2n) is 4.85. The molecule has 0 unspecified atom stereocenters. The summed E-state index contributed by atoms with van der Waals surface area (Å²) in [6, 6.07) is 4.33. The number of aryl methyl sites for hydroxylation is 1. The molecule has 3 N–H and O–H groups in total. The van der Waals surface area contributed by atoms with Crippen molar-refractivity contribution < 1.29 is 19.5 Å². The number of carboxylic acid groups (broad SMARTS) is 1. The van der Waals surface area contributed by atoms with Gasteiger partial charge in [0.05, 0.1) is 5.56 Å². The third-order valence-electron chi connectivity index (χ3n) is 3.31. The smallest absolute Gasteiger partial charge is 0.335 e. The first-order valence-corrected chi connectivity index (χ1v) is 6.64. The Morgan fingerprint density at radius 1 is 1.33 bits per heavy atom. The third kappa shape index (κ3) is 3.71. The molecule has 1 aliphatic rings. The number of hydrogen-bond acceptors (Lipinski definition) is 3. The van der Waals surface area contributed by atoms with Crippen molar-refractivity contribution in [3.8, 4) is 0 Å². The first-order chi connectivity index (χ1) is 9.97. The Bertz CT molecular complexity index is 586. The van der Waals surface area contributed by atoms with E-state index in [9.17, 15) is 14.4 Å². The number of urea groups is 1. The van der Waals surface area contributed by atoms with E-state index < -0.39 is 5.97 Å². The summed E-state index contributed by atoms with van der Waals surface area (Å²) in [6.45, 7) is 2.92. The molecule has 1 aromatic carbocycles. The van der Waals surface area contributed by atoms with Gasteiger partial charge in [0.1, 0.15) is 0 Å². The molecule has 1 heterocycles. The molecular formula is C14H17N3O4. The minimum Gasteiger partial charge on any atom is -0.478 e. The number of anilines is 1. The minimum atomic E-state index is -0.998. The number of rotatable bonds is 2. The van der Waals surface area contributed by atoms with Crippen molar-refractivity contribution in [2.24, 2.45) is 0 Å². The first-order valence-electron chi connectivity index (χ1n) is 6.64. The van der Waals surface area contributed by atoms with E-state index in [-0.39, 0.29) is 23.9 Å². The van der Waals surface area contributed by atoms with Crippen molar-refractivity contribution in [2.75, 3.05) is 25.0 Å². The third-order valence-corrected chi connectivity index (χ3v) is 3.31. The summed E-state index contributed by atoms with van der Waals surface area (Å²) in [5.74, 6) is -1.06. The van der Waals surface area contributed by atoms with Gasteiger partial charge in [-0.1, -0.05) is 0 Å². The van der Waals surface area contributed by atoms with E-state index in [1.54, 1.807) is 24.0 Å². The van der Waals surface area contributed by atoms with Gasteiger partial charge >= 0.3 is 12.0 Å². The van der Waals surface area contributed by atoms with Crippen molar-refractivity contribution in [3.05, 3.63) is 29.3 Å². The van der Waals surface area contributed by atoms with Crippen molar-refractivity contribution in [1.29, 1.82) is 0 Å². The zero-order chi connectivity index (χ0) is 15.4. The monoisotopic (exact) mass is 291 g/mol. The Balaban J connectivity index is 2.04. The largest absolute Gasteiger partial charge is 0.478 e. The predicted octanol–water partition coefficient (Wildman–Crippen LogP) is 1.05. The number of carbonyl (C=O) groups is 3. The molecule has 0 spiro atoms. The lowest BCUT2D eigenvalue weighted by Crippen LogP contribution is -2.37. The summed E-state index contributed by atoms with van der Waals surface area (Å²) < 4.78 is 0. The normalized spacial score (nSPS) is 15.1. The van der Waals surface area contributed by atoms with E-state index in [1.165, 1.54) is 6.07 Å². The summed E-state index contributed by atoms with van der Waals surface area (Å²) in [6.07, 6.45) is 0.282. The molecule has 1 fully saturated rings. The number of hydrogen-bond donors (Lipinski definition) is 3. The van der Waals surface area contributed by atoms with Gasteiger partial charge in [0.25, 0.3) is 0 Å². The molecule has 112 valence electrons. The lowest BCUT2D eigenvalue weighted by atomic mass is 10.1. The second kappa shape index (κ2) is 6.25. The fourth-order valence-corrected chi connectivity index (χ4v) is 2.15. The fraction of sp³-hybridized carbons (Fsp3) is 0.357. The van der Waals surface area contributed by atoms with Crippen LogP contribution >= 0.6 is 0 Å². The maximum absolute atomic E-state index is 12.1. The van der Waals surface area contributed by atoms with Gasteiger partial charge in [-0.3, -0.25) is 4.79 Å². The van der Waals surface area contributed by atoms with Gasteiger partial charge in [0.2, 0.25) is 5.91 Å². The van der Waals surface area contributed by atoms with E-state index in [4.69, 9.17) is 5.11 Å². The van der Waals surface area contributed by atoms with Crippen LogP contribution in [-0.2, 0) is 4.79 Å². The molecule has 2 rings (SSSR count). The molecule has 1 aromatic rings. The summed E-state index contributed by atoms with van der Waals surface area (Å²) in [7, 11) is 0. The van der Waals surface area contributed by atoms with Crippen LogP contribution in [-0.4, -0.2) is 47.5 Å². The average Bonchev–Trinajstić information content (AvgIpc) is 2.63. The van der Waals surface area contributed by atoms with Crippen LogP contribution in [0.1, 0.15) is 22.3 Å². The SMILES string of the molecule is Cc1cc(NC(=O)N2CCNC(=O)CC2)ccc1C(=O)O. The molecule has 0 aromatic heterocycles. The van der Waals surface area contributed by atoms with Crippen molar-refractivity contribution in [3.63, 3.8) is 0 Å². The van der Waals surface area contributed by atoms with Gasteiger partial charge in [0.15, 0.2) is 0 Å². The van der Waals surface area contributed by atoms with Gasteiger partial charge in [0, 0.05) is 31.7 Å². The molecule has 7 heteroatoms. The molecule has 0 atom stereocenters. The Morgan fingerprint density at radius 3 is 2.76 bits per heavy atom. The fourth-order valence-electron chi connectivity index (χ4n) is 2.15. The lowest BCUT2D eigenvalue weighted by molar-refractivity contribution is -0.120. The number of nitrogens with zero attached hydrogens (tertiary/aromatic N) is 1. The van der Waals surface area contributed by atoms with Crippen LogP contribution in [0.25, 0.3) is 0 Å². The van der Waals surface area contributed by atoms with Gasteiger partial charge in [-0.2, -0.15) is 0 Å². The van der Waals surface area contributed by atoms with Crippen molar-refractivity contribution in [2.45, 2.75) is 13.3 Å². The number of carboxylic acids is 1. The number of aromatic carboxylic acids is 1. The summed E-state index contributed by atoms with van der Waals surface area (Å²) in [4.78, 5) is 35.8. The van der Waals surface area contributed by atoms with E-state index >= 15 is 0 Å². The van der Waals surface area contributed by atoms with Crippen LogP contribution in [0.3, 0.4) is 0 Å². The summed E-state index contributed by atoms with van der Waals surface area (Å²) in [5, 5.41) is 14.4. The predicted molar refractivity (Wildman–Crippen MR) is 76.4 cm³/mol. The van der Waals surface area contributed by atoms with E-state index in [2.05, 4.69) is 10.6 Å². The second-order valence-corrected chi connectivity index (χ2v) is 4.85. The van der Waals surface area contributed by atoms with Crippen LogP contribution in [0.15, 0.2) is 18.2 Å². The highest BCUT2D eigenvalue weighted by Gasteiger charge is 2.18. The topological polar surface area (TPSA) is 98.7 Å². The van der Waals surface area contributed by atoms with Crippen LogP contribution in [0.2, 0.25) is 0 Å². The summed E-state index contributed by atoms with van der Waals surface area (Å²) >= 11 is 0. The van der Waals surface area contributed by atoms with Crippen LogP contribution in [0, 0.1) is 6.92 Å². The lowest BCUT2D eigenvalue weighted by Gasteiger charge is -2.20. The summed E-state index contributed by atoms with van der Waals surface area (Å²) in [5.41, 5.74) is 1.32. The number of carbonyl (C=O) groups excluding carboxylic acids is 2. The molecule has 0 aliphatic carbocycles. The molecule has 21 heavy (non-hydrogen) atoms. The number of nitrogens with one attached hydrogen (secondary N) is 2. The highest BCUT2D eigenvalue weighted by molar-refractivity contribution is 5.93. The maximum Gasteiger partial charge on any atom is 0.335 e. The Kier molecular flexibility index (Phi) is 4.42. The van der Waals surface area contributed by atoms with Crippen LogP contribution in [0.4, 0.5) is 10.5 Å². The van der Waals surface area contributed by atoms with Gasteiger partial charge in [-0.15, -0.1) is 0 Å². The van der Waals surface area contributed by atoms with E-state index in [0.29, 0.717) is 30.9 Å². The maximum atomic E-state index is 12.1. The Hall–Kier alpha value is -2.57. The molecule has 1 saturated heterocycles. The zero-order valence-electron chi connectivity index (χ0n) is 11.7. The molecule has 0 saturated carbocycles. The van der Waals surface area contributed by atoms with Gasteiger partial charge in [-0.05, 0) is 30.7 Å². The Morgan fingerprint density at radius 2 is 2.10 bits per heavy atom. The van der Waals surface area contributed by atoms with E-state index in [1.807, 2.05) is 0 Å². The highest BCUT2D eigenvalue weighted by Crippen LogP contribution is 2.16. The van der Waals surface area contributed by atoms with E-state index in [0.717, 1.165) is 0 Å². The first kappa shape index (κ1) is 14.8. The minimum absolute atomic E-state index is 0.0630. The standard InChI is InChI=1S/C14H17N3O4/c1-9-8-10(2-3-11(9)13(19)20)16-14(21)17-6-4-12(18)15-5-7-17/h2-3,8H,4-7H2,1H3,(H,15,18)(H,16,21)(H,19,20). The average molecular weight is 291 g/mol. The van der Waals surface area contributed by atoms with Crippen molar-refractivity contribution >= 4 is 23.6 Å².